The molecule has 0 fully saturated rings. The molecule has 1 aromatic carbocycles. The van der Waals surface area contributed by atoms with Crippen LogP contribution in [0.2, 0.25) is 0 Å². The fourth-order valence-electron chi connectivity index (χ4n) is 1.64. The molecule has 1 N–H and O–H groups in total. The van der Waals surface area contributed by atoms with Gasteiger partial charge in [-0.2, -0.15) is 0 Å². The van der Waals surface area contributed by atoms with Crippen molar-refractivity contribution < 1.29 is 19.1 Å². The topological polar surface area (TPSA) is 67.9 Å². The first kappa shape index (κ1) is 17.1. The van der Waals surface area contributed by atoms with Crippen LogP contribution in [0, 0.1) is 0 Å². The van der Waals surface area contributed by atoms with Gasteiger partial charge >= 0.3 is 0 Å². The Hall–Kier alpha value is -1.92. The lowest BCUT2D eigenvalue weighted by atomic mass is 10.2. The zero-order valence-electron chi connectivity index (χ0n) is 12.7. The van der Waals surface area contributed by atoms with Crippen molar-refractivity contribution in [1.29, 1.82) is 0 Å². The summed E-state index contributed by atoms with van der Waals surface area (Å²) < 4.78 is 9.97. The molecule has 116 valence electrons. The molecule has 0 unspecified atom stereocenters. The molecule has 0 saturated heterocycles. The summed E-state index contributed by atoms with van der Waals surface area (Å²) in [5, 5.41) is 2.75. The summed E-state index contributed by atoms with van der Waals surface area (Å²) in [4.78, 5) is 24.5. The smallest absolute Gasteiger partial charge is 0.250 e. The summed E-state index contributed by atoms with van der Waals surface area (Å²) >= 11 is 0. The quantitative estimate of drug-likeness (QED) is 0.733. The van der Waals surface area contributed by atoms with E-state index in [4.69, 9.17) is 9.47 Å². The highest BCUT2D eigenvalue weighted by Gasteiger charge is 2.06. The van der Waals surface area contributed by atoms with Crippen molar-refractivity contribution in [1.82, 2.24) is 4.90 Å². The molecule has 6 heteroatoms. The van der Waals surface area contributed by atoms with Crippen molar-refractivity contribution in [2.45, 2.75) is 13.5 Å². The van der Waals surface area contributed by atoms with Gasteiger partial charge in [0.05, 0.1) is 13.2 Å². The summed E-state index contributed by atoms with van der Waals surface area (Å²) in [5.74, 6) is -0.223. The molecule has 0 aliphatic heterocycles. The number of rotatable bonds is 8. The number of nitrogens with one attached hydrogen (secondary N) is 1. The molecule has 0 aliphatic rings. The van der Waals surface area contributed by atoms with Crippen LogP contribution in [0.25, 0.3) is 0 Å². The highest BCUT2D eigenvalue weighted by Crippen LogP contribution is 2.12. The Morgan fingerprint density at radius 2 is 2.05 bits per heavy atom. The Morgan fingerprint density at radius 3 is 2.71 bits per heavy atom. The summed E-state index contributed by atoms with van der Waals surface area (Å²) in [6, 6.07) is 7.38. The zero-order valence-corrected chi connectivity index (χ0v) is 12.7. The van der Waals surface area contributed by atoms with Crippen LogP contribution >= 0.6 is 0 Å². The van der Waals surface area contributed by atoms with Crippen LogP contribution in [0.3, 0.4) is 0 Å². The number of benzene rings is 1. The van der Waals surface area contributed by atoms with Crippen molar-refractivity contribution in [2.75, 3.05) is 39.3 Å². The van der Waals surface area contributed by atoms with Gasteiger partial charge in [-0.05, 0) is 17.7 Å². The van der Waals surface area contributed by atoms with E-state index in [2.05, 4.69) is 5.32 Å². The minimum absolute atomic E-state index is 0.00372. The average molecular weight is 294 g/mol. The lowest BCUT2D eigenvalue weighted by Crippen LogP contribution is -2.23. The maximum absolute atomic E-state index is 11.7. The number of amides is 2. The lowest BCUT2D eigenvalue weighted by molar-refractivity contribution is -0.128. The zero-order chi connectivity index (χ0) is 15.7. The van der Waals surface area contributed by atoms with Crippen LogP contribution in [0.4, 0.5) is 5.69 Å². The molecular weight excluding hydrogens is 272 g/mol. The summed E-state index contributed by atoms with van der Waals surface area (Å²) in [6.07, 6.45) is 0. The van der Waals surface area contributed by atoms with Gasteiger partial charge < -0.3 is 19.7 Å². The average Bonchev–Trinajstić information content (AvgIpc) is 2.44. The highest BCUT2D eigenvalue weighted by molar-refractivity contribution is 5.91. The van der Waals surface area contributed by atoms with E-state index in [0.29, 0.717) is 25.4 Å². The Bertz CT molecular complexity index is 476. The number of ether oxygens (including phenoxy) is 2. The van der Waals surface area contributed by atoms with E-state index in [9.17, 15) is 9.59 Å². The van der Waals surface area contributed by atoms with E-state index in [1.807, 2.05) is 18.2 Å². The summed E-state index contributed by atoms with van der Waals surface area (Å²) in [5.41, 5.74) is 1.63. The van der Waals surface area contributed by atoms with E-state index in [-0.39, 0.29) is 18.4 Å². The van der Waals surface area contributed by atoms with Crippen molar-refractivity contribution in [3.05, 3.63) is 29.8 Å². The lowest BCUT2D eigenvalue weighted by Gasteiger charge is -2.15. The first-order valence-corrected chi connectivity index (χ1v) is 6.70. The Labute approximate surface area is 125 Å². The van der Waals surface area contributed by atoms with Crippen molar-refractivity contribution in [2.24, 2.45) is 0 Å². The van der Waals surface area contributed by atoms with Crippen LogP contribution < -0.4 is 5.32 Å². The largest absolute Gasteiger partial charge is 0.382 e. The fourth-order valence-corrected chi connectivity index (χ4v) is 1.64. The molecule has 6 nitrogen and oxygen atoms in total. The third kappa shape index (κ3) is 6.87. The Kier molecular flexibility index (Phi) is 7.42. The number of hydrogen-bond acceptors (Lipinski definition) is 4. The molecule has 0 saturated carbocycles. The molecule has 21 heavy (non-hydrogen) atoms. The van der Waals surface area contributed by atoms with Gasteiger partial charge in [0.25, 0.3) is 0 Å². The van der Waals surface area contributed by atoms with Gasteiger partial charge in [0.1, 0.15) is 6.61 Å². The SMILES string of the molecule is COCCOCC(=O)Nc1cccc(CN(C)C(C)=O)c1. The first-order chi connectivity index (χ1) is 10.0. The maximum atomic E-state index is 11.7. The van der Waals surface area contributed by atoms with Gasteiger partial charge in [0.15, 0.2) is 0 Å². The first-order valence-electron chi connectivity index (χ1n) is 6.70. The standard InChI is InChI=1S/C15H22N2O4/c1-12(18)17(2)10-13-5-4-6-14(9-13)16-15(19)11-21-8-7-20-3/h4-6,9H,7-8,10-11H2,1-3H3,(H,16,19). The molecule has 0 radical (unpaired) electrons. The Morgan fingerprint density at radius 1 is 1.29 bits per heavy atom. The van der Waals surface area contributed by atoms with Gasteiger partial charge in [-0.3, -0.25) is 9.59 Å². The number of nitrogens with zero attached hydrogens (tertiary/aromatic N) is 1. The molecule has 0 bridgehead atoms. The van der Waals surface area contributed by atoms with Crippen LogP contribution in [0.1, 0.15) is 12.5 Å². The Balaban J connectivity index is 2.48. The molecule has 2 amide bonds. The minimum Gasteiger partial charge on any atom is -0.382 e. The van der Waals surface area contributed by atoms with Gasteiger partial charge in [-0.25, -0.2) is 0 Å². The molecule has 0 heterocycles. The minimum atomic E-state index is -0.219. The number of carbonyl (C=O) groups excluding carboxylic acids is 2. The second kappa shape index (κ2) is 9.10. The number of carbonyl (C=O) groups is 2. The van der Waals surface area contributed by atoms with E-state index < -0.39 is 0 Å². The molecule has 0 aromatic heterocycles. The predicted octanol–water partition coefficient (Wildman–Crippen LogP) is 1.27. The second-order valence-corrected chi connectivity index (χ2v) is 4.67. The van der Waals surface area contributed by atoms with Crippen LogP contribution in [-0.4, -0.2) is 50.7 Å². The molecule has 0 aliphatic carbocycles. The van der Waals surface area contributed by atoms with Crippen LogP contribution in [0.5, 0.6) is 0 Å². The van der Waals surface area contributed by atoms with E-state index in [1.54, 1.807) is 25.1 Å². The maximum Gasteiger partial charge on any atom is 0.250 e. The molecule has 0 spiro atoms. The monoisotopic (exact) mass is 294 g/mol. The molecule has 1 aromatic rings. The third-order valence-electron chi connectivity index (χ3n) is 2.83. The normalized spacial score (nSPS) is 10.2. The molecular formula is C15H22N2O4. The number of methoxy groups -OCH3 is 1. The number of anilines is 1. The van der Waals surface area contributed by atoms with Crippen molar-refractivity contribution in [3.8, 4) is 0 Å². The van der Waals surface area contributed by atoms with Gasteiger partial charge in [-0.1, -0.05) is 12.1 Å². The summed E-state index contributed by atoms with van der Waals surface area (Å²) in [7, 11) is 3.31. The summed E-state index contributed by atoms with van der Waals surface area (Å²) in [6.45, 7) is 2.85. The predicted molar refractivity (Wildman–Crippen MR) is 79.9 cm³/mol. The van der Waals surface area contributed by atoms with Crippen molar-refractivity contribution >= 4 is 17.5 Å². The van der Waals surface area contributed by atoms with E-state index >= 15 is 0 Å². The second-order valence-electron chi connectivity index (χ2n) is 4.67. The fraction of sp³-hybridized carbons (Fsp3) is 0.467. The van der Waals surface area contributed by atoms with Gasteiger partial charge in [0, 0.05) is 33.3 Å². The van der Waals surface area contributed by atoms with Crippen molar-refractivity contribution in [3.63, 3.8) is 0 Å². The van der Waals surface area contributed by atoms with E-state index in [0.717, 1.165) is 5.56 Å². The molecule has 1 rings (SSSR count). The van der Waals surface area contributed by atoms with Gasteiger partial charge in [-0.15, -0.1) is 0 Å². The number of hydrogen-bond donors (Lipinski definition) is 1. The highest BCUT2D eigenvalue weighted by atomic mass is 16.5. The van der Waals surface area contributed by atoms with Crippen LogP contribution in [0.15, 0.2) is 24.3 Å². The van der Waals surface area contributed by atoms with E-state index in [1.165, 1.54) is 6.92 Å². The van der Waals surface area contributed by atoms with Gasteiger partial charge in [0.2, 0.25) is 11.8 Å². The molecule has 0 atom stereocenters. The van der Waals surface area contributed by atoms with Crippen LogP contribution in [-0.2, 0) is 25.6 Å². The third-order valence-corrected chi connectivity index (χ3v) is 2.83.